The highest BCUT2D eigenvalue weighted by Crippen LogP contribution is 2.21. The van der Waals surface area contributed by atoms with E-state index in [0.717, 1.165) is 18.9 Å². The van der Waals surface area contributed by atoms with Crippen molar-refractivity contribution < 1.29 is 4.84 Å². The summed E-state index contributed by atoms with van der Waals surface area (Å²) >= 11 is 0. The van der Waals surface area contributed by atoms with Gasteiger partial charge in [-0.15, -0.1) is 0 Å². The van der Waals surface area contributed by atoms with Gasteiger partial charge in [-0.05, 0) is 51.4 Å². The zero-order chi connectivity index (χ0) is 15.7. The third-order valence-corrected chi connectivity index (χ3v) is 5.38. The highest BCUT2D eigenvalue weighted by Gasteiger charge is 2.19. The Morgan fingerprint density at radius 1 is 0.913 bits per heavy atom. The van der Waals surface area contributed by atoms with Crippen LogP contribution in [0.4, 0.5) is 0 Å². The zero-order valence-corrected chi connectivity index (χ0v) is 14.5. The van der Waals surface area contributed by atoms with E-state index in [9.17, 15) is 0 Å². The van der Waals surface area contributed by atoms with Crippen LogP contribution in [0.5, 0.6) is 0 Å². The maximum absolute atomic E-state index is 5.91. The molecule has 0 atom stereocenters. The molecule has 0 aromatic heterocycles. The second kappa shape index (κ2) is 9.19. The van der Waals surface area contributed by atoms with Gasteiger partial charge in [0.2, 0.25) is 0 Å². The van der Waals surface area contributed by atoms with Gasteiger partial charge in [-0.25, -0.2) is 10.5 Å². The maximum atomic E-state index is 5.91. The molecule has 0 bridgehead atoms. The number of nitrogens with one attached hydrogen (secondary N) is 2. The standard InChI is InChI=1S/C19H33N3O/c1-4-10-16(11-5-1)20-19(21-17-12-6-2-7-13-17)23-22-18-14-8-3-9-15-18/h14,16-17,22H,1-13,15H2,(H,20,21). The van der Waals surface area contributed by atoms with Crippen LogP contribution in [0.3, 0.4) is 0 Å². The van der Waals surface area contributed by atoms with Crippen molar-refractivity contribution in [3.05, 3.63) is 11.8 Å². The molecule has 3 aliphatic rings. The van der Waals surface area contributed by atoms with Crippen LogP contribution in [0.2, 0.25) is 0 Å². The van der Waals surface area contributed by atoms with E-state index in [-0.39, 0.29) is 0 Å². The molecule has 2 saturated carbocycles. The molecule has 0 unspecified atom stereocenters. The summed E-state index contributed by atoms with van der Waals surface area (Å²) in [6, 6.07) is 1.71. The number of hydrogen-bond donors (Lipinski definition) is 2. The minimum Gasteiger partial charge on any atom is -0.343 e. The van der Waals surface area contributed by atoms with Crippen molar-refractivity contribution in [1.29, 1.82) is 0 Å². The van der Waals surface area contributed by atoms with Gasteiger partial charge in [0.05, 0.1) is 6.04 Å². The maximum Gasteiger partial charge on any atom is 0.312 e. The molecule has 4 nitrogen and oxygen atoms in total. The molecular formula is C19H33N3O. The van der Waals surface area contributed by atoms with E-state index in [1.54, 1.807) is 0 Å². The number of nitrogens with zero attached hydrogens (tertiary/aromatic N) is 1. The fourth-order valence-corrected chi connectivity index (χ4v) is 3.94. The molecule has 3 rings (SSSR count). The van der Waals surface area contributed by atoms with Crippen molar-refractivity contribution in [1.82, 2.24) is 10.8 Å². The number of hydroxylamine groups is 1. The fraction of sp³-hybridized carbons (Fsp3) is 0.842. The van der Waals surface area contributed by atoms with Gasteiger partial charge in [-0.3, -0.25) is 0 Å². The third-order valence-electron chi connectivity index (χ3n) is 5.38. The molecule has 23 heavy (non-hydrogen) atoms. The van der Waals surface area contributed by atoms with Crippen LogP contribution < -0.4 is 10.8 Å². The molecule has 0 saturated heterocycles. The van der Waals surface area contributed by atoms with Crippen molar-refractivity contribution in [2.24, 2.45) is 4.99 Å². The third kappa shape index (κ3) is 5.74. The van der Waals surface area contributed by atoms with E-state index in [2.05, 4.69) is 16.9 Å². The molecule has 0 aromatic carbocycles. The van der Waals surface area contributed by atoms with E-state index >= 15 is 0 Å². The number of rotatable bonds is 4. The molecule has 0 heterocycles. The molecule has 0 radical (unpaired) electrons. The molecule has 0 amide bonds. The van der Waals surface area contributed by atoms with Crippen molar-refractivity contribution in [3.63, 3.8) is 0 Å². The lowest BCUT2D eigenvalue weighted by Crippen LogP contribution is -2.41. The molecule has 2 N–H and O–H groups in total. The van der Waals surface area contributed by atoms with Gasteiger partial charge in [0.1, 0.15) is 0 Å². The molecule has 0 aromatic rings. The summed E-state index contributed by atoms with van der Waals surface area (Å²) in [5.41, 5.74) is 4.39. The lowest BCUT2D eigenvalue weighted by molar-refractivity contribution is 0.186. The van der Waals surface area contributed by atoms with Gasteiger partial charge in [-0.2, -0.15) is 0 Å². The summed E-state index contributed by atoms with van der Waals surface area (Å²) in [5, 5.41) is 3.58. The fourth-order valence-electron chi connectivity index (χ4n) is 3.94. The number of allylic oxidation sites excluding steroid dienone is 2. The van der Waals surface area contributed by atoms with Gasteiger partial charge in [-0.1, -0.05) is 44.6 Å². The Kier molecular flexibility index (Phi) is 6.66. The van der Waals surface area contributed by atoms with Crippen LogP contribution >= 0.6 is 0 Å². The van der Waals surface area contributed by atoms with Gasteiger partial charge in [0.15, 0.2) is 0 Å². The second-order valence-electron chi connectivity index (χ2n) is 7.38. The van der Waals surface area contributed by atoms with E-state index in [4.69, 9.17) is 9.83 Å². The largest absolute Gasteiger partial charge is 0.343 e. The first kappa shape index (κ1) is 16.7. The van der Waals surface area contributed by atoms with E-state index in [1.807, 2.05) is 0 Å². The van der Waals surface area contributed by atoms with Crippen LogP contribution in [0, 0.1) is 0 Å². The normalized spacial score (nSPS) is 24.9. The SMILES string of the molecule is C1=C(NOC(=NC2CCCCC2)NC2CCCCC2)CCCC1. The number of hydrogen-bond acceptors (Lipinski definition) is 3. The van der Waals surface area contributed by atoms with Gasteiger partial charge in [0, 0.05) is 11.7 Å². The van der Waals surface area contributed by atoms with Gasteiger partial charge >= 0.3 is 6.02 Å². The monoisotopic (exact) mass is 319 g/mol. The topological polar surface area (TPSA) is 45.6 Å². The van der Waals surface area contributed by atoms with Crippen LogP contribution in [0.15, 0.2) is 16.8 Å². The summed E-state index contributed by atoms with van der Waals surface area (Å²) in [5.74, 6) is 0. The summed E-state index contributed by atoms with van der Waals surface area (Å²) in [7, 11) is 0. The Bertz CT molecular complexity index is 407. The summed E-state index contributed by atoms with van der Waals surface area (Å²) in [4.78, 5) is 10.8. The highest BCUT2D eigenvalue weighted by atomic mass is 16.7. The average molecular weight is 319 g/mol. The quantitative estimate of drug-likeness (QED) is 0.453. The van der Waals surface area contributed by atoms with Crippen molar-refractivity contribution in [2.45, 2.75) is 102 Å². The summed E-state index contributed by atoms with van der Waals surface area (Å²) in [6.07, 6.45) is 20.0. The molecule has 0 spiro atoms. The number of aliphatic imine (C=N–C) groups is 1. The predicted octanol–water partition coefficient (Wildman–Crippen LogP) is 4.58. The number of amidine groups is 1. The summed E-state index contributed by atoms with van der Waals surface area (Å²) in [6.45, 7) is 0. The highest BCUT2D eigenvalue weighted by molar-refractivity contribution is 5.74. The molecule has 4 heteroatoms. The summed E-state index contributed by atoms with van der Waals surface area (Å²) < 4.78 is 0. The molecule has 130 valence electrons. The Balaban J connectivity index is 1.56. The smallest absolute Gasteiger partial charge is 0.312 e. The van der Waals surface area contributed by atoms with Crippen molar-refractivity contribution >= 4 is 6.02 Å². The van der Waals surface area contributed by atoms with Crippen LogP contribution in [0.1, 0.15) is 89.9 Å². The average Bonchev–Trinajstić information content (AvgIpc) is 2.62. The van der Waals surface area contributed by atoms with Crippen molar-refractivity contribution in [2.75, 3.05) is 0 Å². The lowest BCUT2D eigenvalue weighted by atomic mass is 9.95. The van der Waals surface area contributed by atoms with E-state index in [0.29, 0.717) is 12.1 Å². The van der Waals surface area contributed by atoms with Crippen LogP contribution in [-0.2, 0) is 4.84 Å². The lowest BCUT2D eigenvalue weighted by Gasteiger charge is -2.26. The van der Waals surface area contributed by atoms with E-state index < -0.39 is 0 Å². The van der Waals surface area contributed by atoms with E-state index in [1.165, 1.54) is 82.7 Å². The minimum atomic E-state index is 0.442. The molecule has 3 aliphatic carbocycles. The second-order valence-corrected chi connectivity index (χ2v) is 7.38. The Hall–Kier alpha value is -1.19. The van der Waals surface area contributed by atoms with Crippen LogP contribution in [0.25, 0.3) is 0 Å². The Morgan fingerprint density at radius 3 is 2.35 bits per heavy atom. The first-order chi connectivity index (χ1) is 11.4. The van der Waals surface area contributed by atoms with Crippen LogP contribution in [-0.4, -0.2) is 18.1 Å². The Morgan fingerprint density at radius 2 is 1.65 bits per heavy atom. The zero-order valence-electron chi connectivity index (χ0n) is 14.5. The molecule has 2 fully saturated rings. The van der Waals surface area contributed by atoms with Gasteiger partial charge < -0.3 is 10.2 Å². The Labute approximate surface area is 141 Å². The molecular weight excluding hydrogens is 286 g/mol. The van der Waals surface area contributed by atoms with Crippen molar-refractivity contribution in [3.8, 4) is 0 Å². The molecule has 0 aliphatic heterocycles. The predicted molar refractivity (Wildman–Crippen MR) is 95.1 cm³/mol. The first-order valence-corrected chi connectivity index (χ1v) is 9.86. The minimum absolute atomic E-state index is 0.442. The first-order valence-electron chi connectivity index (χ1n) is 9.86. The van der Waals surface area contributed by atoms with Gasteiger partial charge in [0.25, 0.3) is 0 Å².